The summed E-state index contributed by atoms with van der Waals surface area (Å²) in [5.41, 5.74) is 3.68. The van der Waals surface area contributed by atoms with E-state index in [0.29, 0.717) is 10.8 Å². The molecule has 0 spiro atoms. The molecule has 0 amide bonds. The van der Waals surface area contributed by atoms with Crippen molar-refractivity contribution in [3.63, 3.8) is 0 Å². The minimum Gasteiger partial charge on any atom is -0.0683 e. The van der Waals surface area contributed by atoms with Crippen LogP contribution < -0.4 is 0 Å². The lowest BCUT2D eigenvalue weighted by molar-refractivity contribution is 0.405. The second-order valence-corrected chi connectivity index (χ2v) is 7.29. The van der Waals surface area contributed by atoms with Gasteiger partial charge in [0.05, 0.1) is 0 Å². The van der Waals surface area contributed by atoms with Crippen LogP contribution in [0.1, 0.15) is 66.5 Å². The van der Waals surface area contributed by atoms with Crippen LogP contribution in [0.25, 0.3) is 0 Å². The van der Waals surface area contributed by atoms with Gasteiger partial charge in [-0.2, -0.15) is 0 Å². The zero-order valence-corrected chi connectivity index (χ0v) is 13.7. The first kappa shape index (κ1) is 17.2. The van der Waals surface area contributed by atoms with Crippen LogP contribution in [-0.4, -0.2) is 0 Å². The molecular formula is C18H32. The van der Waals surface area contributed by atoms with Crippen molar-refractivity contribution in [2.24, 2.45) is 10.8 Å². The Morgan fingerprint density at radius 1 is 0.722 bits per heavy atom. The Morgan fingerprint density at radius 2 is 1.06 bits per heavy atom. The first-order valence-corrected chi connectivity index (χ1v) is 7.24. The lowest BCUT2D eigenvalue weighted by Crippen LogP contribution is -2.11. The molecule has 0 saturated carbocycles. The average Bonchev–Trinajstić information content (AvgIpc) is 2.15. The van der Waals surface area contributed by atoms with Gasteiger partial charge >= 0.3 is 0 Å². The molecule has 18 heavy (non-hydrogen) atoms. The Labute approximate surface area is 115 Å². The third kappa shape index (κ3) is 8.33. The molecule has 0 aliphatic heterocycles. The maximum absolute atomic E-state index is 2.37. The van der Waals surface area contributed by atoms with Gasteiger partial charge in [-0.05, 0) is 34.8 Å². The molecule has 0 fully saturated rings. The molecule has 1 aromatic rings. The molecule has 0 atom stereocenters. The van der Waals surface area contributed by atoms with Crippen molar-refractivity contribution in [3.05, 3.63) is 35.4 Å². The van der Waals surface area contributed by atoms with Gasteiger partial charge in [-0.1, -0.05) is 79.7 Å². The molecule has 0 aliphatic rings. The fourth-order valence-electron chi connectivity index (χ4n) is 2.07. The summed E-state index contributed by atoms with van der Waals surface area (Å²) in [5, 5.41) is 0. The van der Waals surface area contributed by atoms with Gasteiger partial charge in [-0.25, -0.2) is 0 Å². The summed E-state index contributed by atoms with van der Waals surface area (Å²) in [6.45, 7) is 17.8. The monoisotopic (exact) mass is 248 g/mol. The van der Waals surface area contributed by atoms with Crippen LogP contribution in [-0.2, 0) is 12.8 Å². The molecule has 1 aromatic carbocycles. The molecule has 0 N–H and O–H groups in total. The van der Waals surface area contributed by atoms with E-state index in [1.807, 2.05) is 13.8 Å². The topological polar surface area (TPSA) is 0 Å². The van der Waals surface area contributed by atoms with Crippen LogP contribution >= 0.6 is 0 Å². The maximum atomic E-state index is 2.37. The molecule has 0 aromatic heterocycles. The lowest BCUT2D eigenvalue weighted by atomic mass is 9.85. The Morgan fingerprint density at radius 3 is 1.33 bits per heavy atom. The summed E-state index contributed by atoms with van der Waals surface area (Å²) >= 11 is 0. The number of hydrogen-bond acceptors (Lipinski definition) is 0. The minimum absolute atomic E-state index is 0.375. The van der Waals surface area contributed by atoms with Gasteiger partial charge in [0.15, 0.2) is 0 Å². The third-order valence-corrected chi connectivity index (χ3v) is 2.46. The van der Waals surface area contributed by atoms with Crippen molar-refractivity contribution < 1.29 is 0 Å². The summed E-state index contributed by atoms with van der Waals surface area (Å²) in [7, 11) is 0. The van der Waals surface area contributed by atoms with E-state index in [9.17, 15) is 0 Å². The van der Waals surface area contributed by atoms with Gasteiger partial charge in [0.2, 0.25) is 0 Å². The molecular weight excluding hydrogens is 216 g/mol. The fourth-order valence-corrected chi connectivity index (χ4v) is 2.07. The Balaban J connectivity index is 0.00000137. The minimum atomic E-state index is 0.375. The van der Waals surface area contributed by atoms with Crippen LogP contribution in [0.2, 0.25) is 0 Å². The van der Waals surface area contributed by atoms with Crippen molar-refractivity contribution in [3.8, 4) is 0 Å². The molecule has 0 saturated heterocycles. The van der Waals surface area contributed by atoms with E-state index in [2.05, 4.69) is 65.8 Å². The van der Waals surface area contributed by atoms with E-state index in [1.54, 1.807) is 0 Å². The Kier molecular flexibility index (Phi) is 6.67. The van der Waals surface area contributed by atoms with Gasteiger partial charge < -0.3 is 0 Å². The Hall–Kier alpha value is -0.780. The zero-order valence-electron chi connectivity index (χ0n) is 13.7. The second kappa shape index (κ2) is 6.97. The van der Waals surface area contributed by atoms with Crippen LogP contribution in [0.5, 0.6) is 0 Å². The number of hydrogen-bond donors (Lipinski definition) is 0. The molecule has 0 unspecified atom stereocenters. The second-order valence-electron chi connectivity index (χ2n) is 7.29. The van der Waals surface area contributed by atoms with E-state index in [4.69, 9.17) is 0 Å². The van der Waals surface area contributed by atoms with Crippen molar-refractivity contribution >= 4 is 0 Å². The molecule has 0 aliphatic carbocycles. The average molecular weight is 248 g/mol. The Bertz CT molecular complexity index is 303. The van der Waals surface area contributed by atoms with Gasteiger partial charge in [0.1, 0.15) is 0 Å². The van der Waals surface area contributed by atoms with Crippen LogP contribution in [0, 0.1) is 10.8 Å². The van der Waals surface area contributed by atoms with Crippen molar-refractivity contribution in [1.29, 1.82) is 0 Å². The van der Waals surface area contributed by atoms with E-state index in [1.165, 1.54) is 11.1 Å². The summed E-state index contributed by atoms with van der Waals surface area (Å²) in [6, 6.07) is 9.06. The molecule has 104 valence electrons. The maximum Gasteiger partial charge on any atom is -0.0230 e. The highest BCUT2D eigenvalue weighted by atomic mass is 14.2. The van der Waals surface area contributed by atoms with E-state index in [-0.39, 0.29) is 0 Å². The van der Waals surface area contributed by atoms with Crippen molar-refractivity contribution in [2.45, 2.75) is 68.2 Å². The summed E-state index contributed by atoms with van der Waals surface area (Å²) in [4.78, 5) is 0. The number of rotatable bonds is 2. The standard InChI is InChI=1S/C16H26.C2H6/c1-15(2,3)11-13-8-7-9-14(10-13)12-16(4,5)6;1-2/h7-10H,11-12H2,1-6H3;1-2H3. The smallest absolute Gasteiger partial charge is 0.0230 e. The SMILES string of the molecule is CC.CC(C)(C)Cc1cccc(CC(C)(C)C)c1. The predicted octanol–water partition coefficient (Wildman–Crippen LogP) is 5.89. The van der Waals surface area contributed by atoms with E-state index < -0.39 is 0 Å². The third-order valence-electron chi connectivity index (χ3n) is 2.46. The van der Waals surface area contributed by atoms with Crippen molar-refractivity contribution in [2.75, 3.05) is 0 Å². The predicted molar refractivity (Wildman–Crippen MR) is 84.1 cm³/mol. The van der Waals surface area contributed by atoms with Gasteiger partial charge in [-0.15, -0.1) is 0 Å². The molecule has 0 bridgehead atoms. The van der Waals surface area contributed by atoms with Crippen LogP contribution in [0.4, 0.5) is 0 Å². The van der Waals surface area contributed by atoms with Gasteiger partial charge in [0.25, 0.3) is 0 Å². The first-order chi connectivity index (χ1) is 8.16. The summed E-state index contributed by atoms with van der Waals surface area (Å²) < 4.78 is 0. The first-order valence-electron chi connectivity index (χ1n) is 7.24. The normalized spacial score (nSPS) is 11.8. The van der Waals surface area contributed by atoms with Gasteiger partial charge in [0, 0.05) is 0 Å². The summed E-state index contributed by atoms with van der Waals surface area (Å²) in [5.74, 6) is 0. The highest BCUT2D eigenvalue weighted by molar-refractivity contribution is 5.25. The van der Waals surface area contributed by atoms with Crippen molar-refractivity contribution in [1.82, 2.24) is 0 Å². The van der Waals surface area contributed by atoms with E-state index >= 15 is 0 Å². The van der Waals surface area contributed by atoms with Crippen LogP contribution in [0.3, 0.4) is 0 Å². The number of benzene rings is 1. The molecule has 1 rings (SSSR count). The molecule has 0 radical (unpaired) electrons. The van der Waals surface area contributed by atoms with E-state index in [0.717, 1.165) is 12.8 Å². The molecule has 0 heterocycles. The molecule has 0 heteroatoms. The highest BCUT2D eigenvalue weighted by Gasteiger charge is 2.14. The zero-order chi connectivity index (χ0) is 14.4. The fraction of sp³-hybridized carbons (Fsp3) is 0.667. The lowest BCUT2D eigenvalue weighted by Gasteiger charge is -2.21. The molecule has 0 nitrogen and oxygen atoms in total. The highest BCUT2D eigenvalue weighted by Crippen LogP contribution is 2.24. The van der Waals surface area contributed by atoms with Gasteiger partial charge in [-0.3, -0.25) is 0 Å². The van der Waals surface area contributed by atoms with Crippen LogP contribution in [0.15, 0.2) is 24.3 Å². The summed E-state index contributed by atoms with van der Waals surface area (Å²) in [6.07, 6.45) is 2.32. The largest absolute Gasteiger partial charge is 0.0683 e. The quantitative estimate of drug-likeness (QED) is 0.612.